The summed E-state index contributed by atoms with van der Waals surface area (Å²) in [7, 11) is 1.70. The molecular formula is C13H19NO2. The van der Waals surface area contributed by atoms with Crippen molar-refractivity contribution in [3.05, 3.63) is 29.8 Å². The van der Waals surface area contributed by atoms with Crippen molar-refractivity contribution in [1.29, 1.82) is 0 Å². The van der Waals surface area contributed by atoms with Gasteiger partial charge in [0.15, 0.2) is 5.78 Å². The number of carbonyl (C=O) groups excluding carboxylic acids is 1. The molecule has 0 bridgehead atoms. The lowest BCUT2D eigenvalue weighted by Crippen LogP contribution is -2.05. The highest BCUT2D eigenvalue weighted by molar-refractivity contribution is 5.96. The van der Waals surface area contributed by atoms with E-state index in [1.54, 1.807) is 7.11 Å². The number of ether oxygens (including phenoxy) is 1. The highest BCUT2D eigenvalue weighted by atomic mass is 16.5. The lowest BCUT2D eigenvalue weighted by atomic mass is 10.1. The van der Waals surface area contributed by atoms with Gasteiger partial charge in [0.25, 0.3) is 0 Å². The molecule has 0 aliphatic carbocycles. The molecule has 0 amide bonds. The van der Waals surface area contributed by atoms with Gasteiger partial charge in [0, 0.05) is 37.9 Å². The molecule has 0 unspecified atom stereocenters. The van der Waals surface area contributed by atoms with Gasteiger partial charge in [-0.1, -0.05) is 6.92 Å². The second kappa shape index (κ2) is 7.01. The molecule has 88 valence electrons. The quantitative estimate of drug-likeness (QED) is 0.568. The molecule has 1 aromatic rings. The summed E-state index contributed by atoms with van der Waals surface area (Å²) in [5.41, 5.74) is 1.83. The van der Waals surface area contributed by atoms with Gasteiger partial charge in [0.05, 0.1) is 0 Å². The number of rotatable bonds is 7. The van der Waals surface area contributed by atoms with E-state index in [1.807, 2.05) is 31.2 Å². The number of carbonyl (C=O) groups is 1. The molecule has 0 aliphatic heterocycles. The molecule has 1 N–H and O–H groups in total. The van der Waals surface area contributed by atoms with Gasteiger partial charge in [-0.2, -0.15) is 0 Å². The predicted molar refractivity (Wildman–Crippen MR) is 66.0 cm³/mol. The second-order valence-electron chi connectivity index (χ2n) is 3.63. The van der Waals surface area contributed by atoms with Crippen LogP contribution in [0.3, 0.4) is 0 Å². The summed E-state index contributed by atoms with van der Waals surface area (Å²) < 4.78 is 4.96. The van der Waals surface area contributed by atoms with Gasteiger partial charge in [0.2, 0.25) is 0 Å². The molecule has 1 rings (SSSR count). The Bertz CT molecular complexity index is 319. The van der Waals surface area contributed by atoms with Crippen molar-refractivity contribution in [3.8, 4) is 0 Å². The van der Waals surface area contributed by atoms with Crippen molar-refractivity contribution in [2.75, 3.05) is 25.6 Å². The first-order valence-electron chi connectivity index (χ1n) is 5.64. The van der Waals surface area contributed by atoms with Crippen LogP contribution in [0.1, 0.15) is 30.1 Å². The lowest BCUT2D eigenvalue weighted by Gasteiger charge is -2.06. The lowest BCUT2D eigenvalue weighted by molar-refractivity contribution is 0.0988. The molecule has 0 heterocycles. The van der Waals surface area contributed by atoms with E-state index in [1.165, 1.54) is 0 Å². The van der Waals surface area contributed by atoms with E-state index >= 15 is 0 Å². The number of ketones is 1. The van der Waals surface area contributed by atoms with Crippen LogP contribution in [0.5, 0.6) is 0 Å². The van der Waals surface area contributed by atoms with Crippen LogP contribution in [0.25, 0.3) is 0 Å². The Kier molecular flexibility index (Phi) is 5.57. The van der Waals surface area contributed by atoms with E-state index in [-0.39, 0.29) is 5.78 Å². The molecular weight excluding hydrogens is 202 g/mol. The maximum atomic E-state index is 11.4. The first-order chi connectivity index (χ1) is 7.77. The summed E-state index contributed by atoms with van der Waals surface area (Å²) in [6.45, 7) is 3.52. The van der Waals surface area contributed by atoms with Crippen molar-refractivity contribution >= 4 is 11.5 Å². The normalized spacial score (nSPS) is 10.1. The minimum atomic E-state index is 0.186. The molecule has 0 radical (unpaired) electrons. The van der Waals surface area contributed by atoms with Crippen LogP contribution in [-0.2, 0) is 4.74 Å². The van der Waals surface area contributed by atoms with E-state index in [0.717, 1.165) is 30.8 Å². The van der Waals surface area contributed by atoms with Crippen LogP contribution in [0.15, 0.2) is 24.3 Å². The Labute approximate surface area is 96.8 Å². The average molecular weight is 221 g/mol. The molecule has 0 fully saturated rings. The third-order valence-electron chi connectivity index (χ3n) is 2.38. The van der Waals surface area contributed by atoms with Crippen molar-refractivity contribution < 1.29 is 9.53 Å². The minimum Gasteiger partial charge on any atom is -0.385 e. The molecule has 3 heteroatoms. The third-order valence-corrected chi connectivity index (χ3v) is 2.38. The Hall–Kier alpha value is -1.35. The van der Waals surface area contributed by atoms with Crippen LogP contribution in [0, 0.1) is 0 Å². The van der Waals surface area contributed by atoms with Gasteiger partial charge in [-0.3, -0.25) is 4.79 Å². The summed E-state index contributed by atoms with van der Waals surface area (Å²) >= 11 is 0. The van der Waals surface area contributed by atoms with Crippen molar-refractivity contribution in [3.63, 3.8) is 0 Å². The molecule has 0 saturated carbocycles. The van der Waals surface area contributed by atoms with E-state index in [4.69, 9.17) is 4.74 Å². The summed E-state index contributed by atoms with van der Waals surface area (Å²) in [5.74, 6) is 0.186. The maximum Gasteiger partial charge on any atom is 0.162 e. The smallest absolute Gasteiger partial charge is 0.162 e. The van der Waals surface area contributed by atoms with Gasteiger partial charge in [0.1, 0.15) is 0 Å². The van der Waals surface area contributed by atoms with Gasteiger partial charge >= 0.3 is 0 Å². The number of hydrogen-bond acceptors (Lipinski definition) is 3. The number of methoxy groups -OCH3 is 1. The molecule has 16 heavy (non-hydrogen) atoms. The zero-order valence-corrected chi connectivity index (χ0v) is 9.95. The third kappa shape index (κ3) is 4.03. The Morgan fingerprint density at radius 3 is 2.56 bits per heavy atom. The van der Waals surface area contributed by atoms with E-state index in [0.29, 0.717) is 6.42 Å². The van der Waals surface area contributed by atoms with E-state index in [2.05, 4.69) is 5.32 Å². The summed E-state index contributed by atoms with van der Waals surface area (Å²) in [6.07, 6.45) is 1.53. The Balaban J connectivity index is 2.42. The topological polar surface area (TPSA) is 38.3 Å². The summed E-state index contributed by atoms with van der Waals surface area (Å²) in [6, 6.07) is 7.61. The van der Waals surface area contributed by atoms with Crippen LogP contribution < -0.4 is 5.32 Å². The van der Waals surface area contributed by atoms with E-state index in [9.17, 15) is 4.79 Å². The number of nitrogens with one attached hydrogen (secondary N) is 1. The predicted octanol–water partition coefficient (Wildman–Crippen LogP) is 2.73. The average Bonchev–Trinajstić information content (AvgIpc) is 2.34. The molecule has 1 aromatic carbocycles. The standard InChI is InChI=1S/C13H19NO2/c1-3-13(15)11-5-7-12(8-6-11)14-9-4-10-16-2/h5-8,14H,3-4,9-10H2,1-2H3. The summed E-state index contributed by atoms with van der Waals surface area (Å²) in [5, 5.41) is 3.27. The van der Waals surface area contributed by atoms with Gasteiger partial charge in [-0.15, -0.1) is 0 Å². The van der Waals surface area contributed by atoms with E-state index < -0.39 is 0 Å². The SMILES string of the molecule is CCC(=O)c1ccc(NCCCOC)cc1. The zero-order chi connectivity index (χ0) is 11.8. The molecule has 0 spiro atoms. The molecule has 0 saturated heterocycles. The molecule has 0 atom stereocenters. The van der Waals surface area contributed by atoms with Crippen LogP contribution in [-0.4, -0.2) is 26.0 Å². The molecule has 0 aliphatic rings. The summed E-state index contributed by atoms with van der Waals surface area (Å²) in [4.78, 5) is 11.4. The fourth-order valence-electron chi connectivity index (χ4n) is 1.43. The largest absolute Gasteiger partial charge is 0.385 e. The van der Waals surface area contributed by atoms with Gasteiger partial charge in [-0.05, 0) is 30.7 Å². The van der Waals surface area contributed by atoms with Gasteiger partial charge < -0.3 is 10.1 Å². The maximum absolute atomic E-state index is 11.4. The number of hydrogen-bond donors (Lipinski definition) is 1. The van der Waals surface area contributed by atoms with Crippen molar-refractivity contribution in [1.82, 2.24) is 0 Å². The first-order valence-corrected chi connectivity index (χ1v) is 5.64. The first kappa shape index (κ1) is 12.7. The van der Waals surface area contributed by atoms with Gasteiger partial charge in [-0.25, -0.2) is 0 Å². The molecule has 3 nitrogen and oxygen atoms in total. The Morgan fingerprint density at radius 1 is 1.31 bits per heavy atom. The number of benzene rings is 1. The zero-order valence-electron chi connectivity index (χ0n) is 9.95. The Morgan fingerprint density at radius 2 is 2.00 bits per heavy atom. The highest BCUT2D eigenvalue weighted by Crippen LogP contribution is 2.10. The fraction of sp³-hybridized carbons (Fsp3) is 0.462. The van der Waals surface area contributed by atoms with Crippen molar-refractivity contribution in [2.45, 2.75) is 19.8 Å². The minimum absolute atomic E-state index is 0.186. The fourth-order valence-corrected chi connectivity index (χ4v) is 1.43. The highest BCUT2D eigenvalue weighted by Gasteiger charge is 2.01. The number of anilines is 1. The van der Waals surface area contributed by atoms with Crippen LogP contribution in [0.2, 0.25) is 0 Å². The van der Waals surface area contributed by atoms with Crippen LogP contribution >= 0.6 is 0 Å². The van der Waals surface area contributed by atoms with Crippen LogP contribution in [0.4, 0.5) is 5.69 Å². The second-order valence-corrected chi connectivity index (χ2v) is 3.63. The number of Topliss-reactive ketones (excluding diaryl/α,β-unsaturated/α-hetero) is 1. The van der Waals surface area contributed by atoms with Crippen molar-refractivity contribution in [2.24, 2.45) is 0 Å². The monoisotopic (exact) mass is 221 g/mol. The molecule has 0 aromatic heterocycles.